The number of hydrogen-bond acceptors (Lipinski definition) is 5. The number of carboxylic acid groups (broad SMARTS) is 1. The van der Waals surface area contributed by atoms with Crippen LogP contribution in [0.2, 0.25) is 0 Å². The van der Waals surface area contributed by atoms with Crippen molar-refractivity contribution in [3.63, 3.8) is 0 Å². The lowest BCUT2D eigenvalue weighted by atomic mass is 10.0. The molecule has 9 heteroatoms. The van der Waals surface area contributed by atoms with E-state index in [-0.39, 0.29) is 17.4 Å². The molecule has 1 unspecified atom stereocenters. The molecule has 8 nitrogen and oxygen atoms in total. The normalized spacial score (nSPS) is 24.1. The van der Waals surface area contributed by atoms with E-state index in [1.807, 2.05) is 0 Å². The minimum absolute atomic E-state index is 0.145. The van der Waals surface area contributed by atoms with Crippen LogP contribution < -0.4 is 0 Å². The summed E-state index contributed by atoms with van der Waals surface area (Å²) in [5.74, 6) is -0.972. The van der Waals surface area contributed by atoms with E-state index in [9.17, 15) is 13.2 Å². The van der Waals surface area contributed by atoms with E-state index in [1.165, 1.54) is 10.5 Å². The van der Waals surface area contributed by atoms with Crippen molar-refractivity contribution in [3.8, 4) is 0 Å². The van der Waals surface area contributed by atoms with Crippen molar-refractivity contribution < 1.29 is 23.1 Å². The van der Waals surface area contributed by atoms with Gasteiger partial charge in [0, 0.05) is 32.0 Å². The fraction of sp³-hybridized carbons (Fsp3) is 0.733. The molecule has 2 saturated heterocycles. The lowest BCUT2D eigenvalue weighted by molar-refractivity contribution is -0.138. The van der Waals surface area contributed by atoms with Crippen molar-refractivity contribution in [1.82, 2.24) is 14.1 Å². The molecule has 0 aromatic carbocycles. The van der Waals surface area contributed by atoms with E-state index < -0.39 is 22.0 Å². The molecule has 2 fully saturated rings. The van der Waals surface area contributed by atoms with Gasteiger partial charge >= 0.3 is 5.97 Å². The first-order chi connectivity index (χ1) is 11.5. The molecule has 1 atom stereocenters. The fourth-order valence-corrected chi connectivity index (χ4v) is 5.07. The molecule has 2 aliphatic heterocycles. The third-order valence-electron chi connectivity index (χ3n) is 4.73. The van der Waals surface area contributed by atoms with Crippen LogP contribution in [0.25, 0.3) is 0 Å². The first-order valence-corrected chi connectivity index (χ1v) is 9.78. The molecular weight excluding hydrogens is 334 g/mol. The quantitative estimate of drug-likeness (QED) is 0.851. The smallest absolute Gasteiger partial charge is 0.304 e. The summed E-state index contributed by atoms with van der Waals surface area (Å²) in [6, 6.07) is -0.327. The number of rotatable bonds is 5. The van der Waals surface area contributed by atoms with Gasteiger partial charge in [0.25, 0.3) is 0 Å². The molecule has 3 heterocycles. The maximum Gasteiger partial charge on any atom is 0.304 e. The molecule has 1 aromatic rings. The monoisotopic (exact) mass is 357 g/mol. The Labute approximate surface area is 141 Å². The van der Waals surface area contributed by atoms with Gasteiger partial charge < -0.3 is 9.84 Å². The van der Waals surface area contributed by atoms with Gasteiger partial charge in [-0.15, -0.1) is 0 Å². The van der Waals surface area contributed by atoms with Gasteiger partial charge in [-0.05, 0) is 25.7 Å². The number of aromatic nitrogens is 2. The highest BCUT2D eigenvalue weighted by Gasteiger charge is 2.35. The second-order valence-corrected chi connectivity index (χ2v) is 8.25. The van der Waals surface area contributed by atoms with E-state index in [4.69, 9.17) is 9.84 Å². The van der Waals surface area contributed by atoms with Gasteiger partial charge in [-0.3, -0.25) is 9.48 Å². The number of nitrogens with zero attached hydrogens (tertiary/aromatic N) is 3. The topological polar surface area (TPSA) is 102 Å². The second kappa shape index (κ2) is 7.20. The van der Waals surface area contributed by atoms with Gasteiger partial charge in [0.2, 0.25) is 10.0 Å². The molecule has 134 valence electrons. The lowest BCUT2D eigenvalue weighted by Crippen LogP contribution is -2.44. The molecule has 0 spiro atoms. The summed E-state index contributed by atoms with van der Waals surface area (Å²) < 4.78 is 34.2. The zero-order valence-electron chi connectivity index (χ0n) is 13.5. The van der Waals surface area contributed by atoms with Crippen molar-refractivity contribution in [2.75, 3.05) is 19.8 Å². The Morgan fingerprint density at radius 3 is 2.75 bits per heavy atom. The van der Waals surface area contributed by atoms with Crippen molar-refractivity contribution in [1.29, 1.82) is 0 Å². The highest BCUT2D eigenvalue weighted by atomic mass is 32.2. The highest BCUT2D eigenvalue weighted by Crippen LogP contribution is 2.28. The van der Waals surface area contributed by atoms with E-state index in [0.29, 0.717) is 26.2 Å². The van der Waals surface area contributed by atoms with E-state index in [0.717, 1.165) is 25.7 Å². The Morgan fingerprint density at radius 2 is 2.04 bits per heavy atom. The highest BCUT2D eigenvalue weighted by molar-refractivity contribution is 7.89. The molecule has 0 radical (unpaired) electrons. The number of ether oxygens (including phenoxy) is 1. The van der Waals surface area contributed by atoms with Crippen molar-refractivity contribution in [2.45, 2.75) is 55.5 Å². The van der Waals surface area contributed by atoms with Gasteiger partial charge in [0.1, 0.15) is 4.90 Å². The average Bonchev–Trinajstić information content (AvgIpc) is 3.06. The van der Waals surface area contributed by atoms with Gasteiger partial charge in [-0.2, -0.15) is 9.40 Å². The van der Waals surface area contributed by atoms with Gasteiger partial charge in [-0.1, -0.05) is 6.42 Å². The largest absolute Gasteiger partial charge is 0.481 e. The third-order valence-corrected chi connectivity index (χ3v) is 6.64. The molecule has 24 heavy (non-hydrogen) atoms. The molecule has 2 aliphatic rings. The van der Waals surface area contributed by atoms with Crippen LogP contribution in [0.3, 0.4) is 0 Å². The first kappa shape index (κ1) is 17.4. The van der Waals surface area contributed by atoms with Gasteiger partial charge in [0.15, 0.2) is 0 Å². The number of piperidine rings is 1. The number of carboxylic acids is 1. The molecule has 0 bridgehead atoms. The van der Waals surface area contributed by atoms with Crippen LogP contribution >= 0.6 is 0 Å². The van der Waals surface area contributed by atoms with Crippen LogP contribution in [0, 0.1) is 0 Å². The van der Waals surface area contributed by atoms with E-state index in [2.05, 4.69) is 5.10 Å². The maximum absolute atomic E-state index is 12.9. The summed E-state index contributed by atoms with van der Waals surface area (Å²) in [4.78, 5) is 11.2. The molecular formula is C15H23N3O5S. The number of sulfonamides is 1. The van der Waals surface area contributed by atoms with E-state index in [1.54, 1.807) is 10.9 Å². The van der Waals surface area contributed by atoms with Gasteiger partial charge in [0.05, 0.1) is 18.7 Å². The van der Waals surface area contributed by atoms with Crippen LogP contribution in [0.5, 0.6) is 0 Å². The Bertz CT molecular complexity index is 681. The van der Waals surface area contributed by atoms with Crippen LogP contribution in [-0.4, -0.2) is 59.4 Å². The van der Waals surface area contributed by atoms with Crippen LogP contribution in [0.4, 0.5) is 0 Å². The van der Waals surface area contributed by atoms with Crippen LogP contribution in [0.1, 0.15) is 44.6 Å². The second-order valence-electron chi connectivity index (χ2n) is 6.36. The molecule has 1 N–H and O–H groups in total. The minimum Gasteiger partial charge on any atom is -0.481 e. The van der Waals surface area contributed by atoms with Crippen molar-refractivity contribution >= 4 is 16.0 Å². The molecule has 1 aromatic heterocycles. The summed E-state index contributed by atoms with van der Waals surface area (Å²) in [6.45, 7) is 1.67. The van der Waals surface area contributed by atoms with Gasteiger partial charge in [-0.25, -0.2) is 8.42 Å². The lowest BCUT2D eigenvalue weighted by Gasteiger charge is -2.33. The Hall–Kier alpha value is -1.45. The molecule has 0 amide bonds. The Kier molecular flexibility index (Phi) is 5.21. The first-order valence-electron chi connectivity index (χ1n) is 8.34. The van der Waals surface area contributed by atoms with E-state index >= 15 is 0 Å². The Balaban J connectivity index is 1.81. The number of hydrogen-bond donors (Lipinski definition) is 1. The average molecular weight is 357 g/mol. The van der Waals surface area contributed by atoms with Crippen molar-refractivity contribution in [3.05, 3.63) is 12.4 Å². The molecule has 0 aliphatic carbocycles. The zero-order valence-corrected chi connectivity index (χ0v) is 14.3. The number of carbonyl (C=O) groups is 1. The molecule has 3 rings (SSSR count). The minimum atomic E-state index is -3.72. The SMILES string of the molecule is O=C(O)CC1CCCCN1S(=O)(=O)c1cnn(C2CCOCC2)c1. The third kappa shape index (κ3) is 3.62. The predicted molar refractivity (Wildman–Crippen MR) is 85.1 cm³/mol. The molecule has 0 saturated carbocycles. The number of aliphatic carboxylic acids is 1. The summed E-state index contributed by atoms with van der Waals surface area (Å²) in [6.07, 6.45) is 6.59. The Morgan fingerprint density at radius 1 is 1.29 bits per heavy atom. The van der Waals surface area contributed by atoms with Crippen LogP contribution in [-0.2, 0) is 19.6 Å². The summed E-state index contributed by atoms with van der Waals surface area (Å²) in [5.41, 5.74) is 0. The van der Waals surface area contributed by atoms with Crippen molar-refractivity contribution in [2.24, 2.45) is 0 Å². The summed E-state index contributed by atoms with van der Waals surface area (Å²) >= 11 is 0. The summed E-state index contributed by atoms with van der Waals surface area (Å²) in [5, 5.41) is 13.3. The standard InChI is InChI=1S/C15H23N3O5S/c19-15(20)9-13-3-1-2-6-18(13)24(21,22)14-10-16-17(11-14)12-4-7-23-8-5-12/h10-13H,1-9H2,(H,19,20). The summed E-state index contributed by atoms with van der Waals surface area (Å²) in [7, 11) is -3.72. The van der Waals surface area contributed by atoms with Crippen LogP contribution in [0.15, 0.2) is 17.3 Å². The fourth-order valence-electron chi connectivity index (χ4n) is 3.43. The maximum atomic E-state index is 12.9. The zero-order chi connectivity index (χ0) is 17.2. The predicted octanol–water partition coefficient (Wildman–Crippen LogP) is 1.25.